The largest absolute Gasteiger partial charge is 0.389 e. The minimum absolute atomic E-state index is 0.00503. The minimum atomic E-state index is -0.722. The molecule has 1 aromatic rings. The number of carbonyl (C=O) groups excluding carboxylic acids is 2. The van der Waals surface area contributed by atoms with Gasteiger partial charge in [0.2, 0.25) is 11.8 Å². The van der Waals surface area contributed by atoms with E-state index in [9.17, 15) is 14.7 Å². The molecule has 0 aromatic heterocycles. The van der Waals surface area contributed by atoms with Crippen LogP contribution in [0, 0.1) is 5.41 Å². The van der Waals surface area contributed by atoms with Gasteiger partial charge in [-0.1, -0.05) is 44.2 Å². The molecule has 2 amide bonds. The fraction of sp³-hybridized carbons (Fsp3) is 0.600. The Morgan fingerprint density at radius 2 is 1.96 bits per heavy atom. The lowest BCUT2D eigenvalue weighted by Crippen LogP contribution is -2.43. The molecule has 0 saturated carbocycles. The Balaban J connectivity index is 1.99. The second-order valence-corrected chi connectivity index (χ2v) is 7.78. The molecule has 144 valence electrons. The summed E-state index contributed by atoms with van der Waals surface area (Å²) >= 11 is 0. The molecule has 1 N–H and O–H groups in total. The number of ether oxygens (including phenoxy) is 1. The van der Waals surface area contributed by atoms with Gasteiger partial charge in [0.1, 0.15) is 0 Å². The molecule has 0 radical (unpaired) electrons. The third-order valence-corrected chi connectivity index (χ3v) is 4.53. The second kappa shape index (κ2) is 9.14. The van der Waals surface area contributed by atoms with Gasteiger partial charge >= 0.3 is 0 Å². The molecule has 6 nitrogen and oxygen atoms in total. The molecule has 1 fully saturated rings. The van der Waals surface area contributed by atoms with Crippen molar-refractivity contribution in [2.24, 2.45) is 5.41 Å². The smallest absolute Gasteiger partial charge is 0.242 e. The lowest BCUT2D eigenvalue weighted by Gasteiger charge is -2.31. The summed E-state index contributed by atoms with van der Waals surface area (Å²) in [6, 6.07) is 9.88. The Kier molecular flexibility index (Phi) is 7.17. The molecule has 6 heteroatoms. The van der Waals surface area contributed by atoms with Crippen LogP contribution in [-0.4, -0.2) is 72.7 Å². The third kappa shape index (κ3) is 6.11. The topological polar surface area (TPSA) is 70.1 Å². The van der Waals surface area contributed by atoms with Gasteiger partial charge in [-0.25, -0.2) is 0 Å². The van der Waals surface area contributed by atoms with Crippen LogP contribution in [0.15, 0.2) is 30.3 Å². The van der Waals surface area contributed by atoms with E-state index in [2.05, 4.69) is 0 Å². The van der Waals surface area contributed by atoms with Crippen molar-refractivity contribution >= 4 is 11.8 Å². The number of carbonyl (C=O) groups is 2. The highest BCUT2D eigenvalue weighted by molar-refractivity contribution is 5.85. The normalized spacial score (nSPS) is 18.5. The van der Waals surface area contributed by atoms with Crippen molar-refractivity contribution in [2.45, 2.75) is 32.8 Å². The number of benzene rings is 1. The van der Waals surface area contributed by atoms with Crippen molar-refractivity contribution < 1.29 is 19.4 Å². The Bertz CT molecular complexity index is 603. The monoisotopic (exact) mass is 362 g/mol. The zero-order valence-corrected chi connectivity index (χ0v) is 16.0. The van der Waals surface area contributed by atoms with Gasteiger partial charge in [-0.2, -0.15) is 0 Å². The maximum atomic E-state index is 12.7. The maximum Gasteiger partial charge on any atom is 0.242 e. The van der Waals surface area contributed by atoms with Gasteiger partial charge in [-0.3, -0.25) is 9.59 Å². The second-order valence-electron chi connectivity index (χ2n) is 7.78. The summed E-state index contributed by atoms with van der Waals surface area (Å²) in [5.41, 5.74) is 0.882. The van der Waals surface area contributed by atoms with E-state index in [1.54, 1.807) is 9.80 Å². The predicted molar refractivity (Wildman–Crippen MR) is 99.6 cm³/mol. The molecule has 0 spiro atoms. The van der Waals surface area contributed by atoms with Crippen molar-refractivity contribution in [3.8, 4) is 0 Å². The molecular weight excluding hydrogens is 332 g/mol. The van der Waals surface area contributed by atoms with Crippen molar-refractivity contribution in [1.29, 1.82) is 0 Å². The van der Waals surface area contributed by atoms with Crippen LogP contribution in [0.2, 0.25) is 0 Å². The maximum absolute atomic E-state index is 12.7. The van der Waals surface area contributed by atoms with Crippen LogP contribution in [-0.2, 0) is 20.7 Å². The van der Waals surface area contributed by atoms with Crippen LogP contribution in [0.25, 0.3) is 0 Å². The van der Waals surface area contributed by atoms with Gasteiger partial charge < -0.3 is 19.6 Å². The Morgan fingerprint density at radius 1 is 1.27 bits per heavy atom. The van der Waals surface area contributed by atoms with Crippen LogP contribution < -0.4 is 0 Å². The highest BCUT2D eigenvalue weighted by Crippen LogP contribution is 2.23. The quantitative estimate of drug-likeness (QED) is 0.794. The van der Waals surface area contributed by atoms with E-state index in [4.69, 9.17) is 4.74 Å². The van der Waals surface area contributed by atoms with Crippen LogP contribution >= 0.6 is 0 Å². The van der Waals surface area contributed by atoms with Crippen LogP contribution in [0.5, 0.6) is 0 Å². The lowest BCUT2D eigenvalue weighted by atomic mass is 9.92. The Hall–Kier alpha value is -1.92. The number of nitrogens with zero attached hydrogens (tertiary/aromatic N) is 2. The highest BCUT2D eigenvalue weighted by Gasteiger charge is 2.35. The molecule has 0 aliphatic carbocycles. The molecule has 1 unspecified atom stereocenters. The average molecular weight is 362 g/mol. The first-order valence-corrected chi connectivity index (χ1v) is 9.07. The zero-order chi connectivity index (χ0) is 19.2. The third-order valence-electron chi connectivity index (χ3n) is 4.53. The first-order valence-electron chi connectivity index (χ1n) is 9.07. The number of aliphatic hydroxyl groups excluding tert-OH is 1. The standard InChI is InChI=1S/C20H30N2O4/c1-20(2)14-21(11-17(23)13-26-3)19(25)12-22(15-20)18(24)10-9-16-7-5-4-6-8-16/h4-8,17,23H,9-15H2,1-3H3. The van der Waals surface area contributed by atoms with E-state index in [1.165, 1.54) is 7.11 Å². The molecule has 1 aliphatic heterocycles. The van der Waals surface area contributed by atoms with Crippen molar-refractivity contribution in [2.75, 3.05) is 39.9 Å². The van der Waals surface area contributed by atoms with Gasteiger partial charge in [-0.15, -0.1) is 0 Å². The number of aryl methyl sites for hydroxylation is 1. The number of hydrogen-bond donors (Lipinski definition) is 1. The number of hydrogen-bond acceptors (Lipinski definition) is 4. The summed E-state index contributed by atoms with van der Waals surface area (Å²) in [7, 11) is 1.52. The molecule has 1 heterocycles. The van der Waals surface area contributed by atoms with Crippen LogP contribution in [0.3, 0.4) is 0 Å². The summed E-state index contributed by atoms with van der Waals surface area (Å²) in [6.45, 7) is 5.60. The van der Waals surface area contributed by atoms with E-state index in [0.717, 1.165) is 5.56 Å². The molecule has 1 aliphatic rings. The summed E-state index contributed by atoms with van der Waals surface area (Å²) < 4.78 is 4.94. The minimum Gasteiger partial charge on any atom is -0.389 e. The summed E-state index contributed by atoms with van der Waals surface area (Å²) in [5, 5.41) is 9.97. The molecular formula is C20H30N2O4. The van der Waals surface area contributed by atoms with E-state index in [1.807, 2.05) is 44.2 Å². The summed E-state index contributed by atoms with van der Waals surface area (Å²) in [4.78, 5) is 28.6. The molecule has 1 saturated heterocycles. The Labute approximate surface area is 155 Å². The fourth-order valence-electron chi connectivity index (χ4n) is 3.39. The average Bonchev–Trinajstić information content (AvgIpc) is 2.69. The number of amides is 2. The van der Waals surface area contributed by atoms with E-state index in [-0.39, 0.29) is 36.9 Å². The number of methoxy groups -OCH3 is 1. The van der Waals surface area contributed by atoms with Gasteiger partial charge in [-0.05, 0) is 17.4 Å². The summed E-state index contributed by atoms with van der Waals surface area (Å²) in [6.07, 6.45) is 0.334. The SMILES string of the molecule is COCC(O)CN1CC(C)(C)CN(C(=O)CCc2ccccc2)CC1=O. The predicted octanol–water partition coefficient (Wildman–Crippen LogP) is 1.32. The van der Waals surface area contributed by atoms with Crippen LogP contribution in [0.4, 0.5) is 0 Å². The van der Waals surface area contributed by atoms with E-state index in [0.29, 0.717) is 25.9 Å². The van der Waals surface area contributed by atoms with Gasteiger partial charge in [0.15, 0.2) is 0 Å². The number of β-amino-alcohol motifs (C(OH)–C–C–N with tert-alkyl or cyclic N) is 1. The summed E-state index contributed by atoms with van der Waals surface area (Å²) in [5.74, 6) is -0.131. The first kappa shape index (κ1) is 20.4. The molecule has 2 rings (SSSR count). The van der Waals surface area contributed by atoms with E-state index < -0.39 is 6.10 Å². The molecule has 1 aromatic carbocycles. The zero-order valence-electron chi connectivity index (χ0n) is 16.0. The highest BCUT2D eigenvalue weighted by atomic mass is 16.5. The molecule has 0 bridgehead atoms. The lowest BCUT2D eigenvalue weighted by molar-refractivity contribution is -0.139. The fourth-order valence-corrected chi connectivity index (χ4v) is 3.39. The molecule has 26 heavy (non-hydrogen) atoms. The van der Waals surface area contributed by atoms with Gasteiger partial charge in [0.05, 0.1) is 19.3 Å². The van der Waals surface area contributed by atoms with E-state index >= 15 is 0 Å². The van der Waals surface area contributed by atoms with Gasteiger partial charge in [0, 0.05) is 33.2 Å². The molecule has 1 atom stereocenters. The van der Waals surface area contributed by atoms with Crippen molar-refractivity contribution in [3.05, 3.63) is 35.9 Å². The van der Waals surface area contributed by atoms with Crippen molar-refractivity contribution in [3.63, 3.8) is 0 Å². The first-order chi connectivity index (χ1) is 12.3. The number of rotatable bonds is 7. The van der Waals surface area contributed by atoms with Crippen LogP contribution in [0.1, 0.15) is 25.8 Å². The Morgan fingerprint density at radius 3 is 2.62 bits per heavy atom. The van der Waals surface area contributed by atoms with Crippen molar-refractivity contribution in [1.82, 2.24) is 9.80 Å². The van der Waals surface area contributed by atoms with Gasteiger partial charge in [0.25, 0.3) is 0 Å². The number of aliphatic hydroxyl groups is 1.